The van der Waals surface area contributed by atoms with E-state index in [0.29, 0.717) is 5.02 Å². The molecule has 0 aliphatic heterocycles. The molecule has 2 aromatic rings. The monoisotopic (exact) mass is 345 g/mol. The van der Waals surface area contributed by atoms with Gasteiger partial charge in [-0.15, -0.1) is 0 Å². The molecule has 0 saturated carbocycles. The van der Waals surface area contributed by atoms with E-state index in [9.17, 15) is 8.78 Å². The van der Waals surface area contributed by atoms with Crippen LogP contribution in [0.4, 0.5) is 8.78 Å². The highest BCUT2D eigenvalue weighted by Crippen LogP contribution is 2.27. The Morgan fingerprint density at radius 2 is 1.79 bits per heavy atom. The second-order valence-corrected chi connectivity index (χ2v) is 5.50. The molecule has 0 radical (unpaired) electrons. The highest BCUT2D eigenvalue weighted by atomic mass is 79.9. The fourth-order valence-electron chi connectivity index (χ4n) is 1.89. The first-order valence-corrected chi connectivity index (χ1v) is 6.79. The Kier molecular flexibility index (Phi) is 4.55. The lowest BCUT2D eigenvalue weighted by molar-refractivity contribution is 0.524. The van der Waals surface area contributed by atoms with Gasteiger partial charge in [-0.3, -0.25) is 0 Å². The molecule has 0 saturated heterocycles. The van der Waals surface area contributed by atoms with Crippen LogP contribution in [-0.2, 0) is 6.42 Å². The zero-order valence-electron chi connectivity index (χ0n) is 9.84. The van der Waals surface area contributed by atoms with Gasteiger partial charge < -0.3 is 5.73 Å². The lowest BCUT2D eigenvalue weighted by Gasteiger charge is -2.15. The van der Waals surface area contributed by atoms with Crippen molar-refractivity contribution in [3.63, 3.8) is 0 Å². The zero-order valence-corrected chi connectivity index (χ0v) is 12.2. The third kappa shape index (κ3) is 3.32. The van der Waals surface area contributed by atoms with Crippen LogP contribution in [0.5, 0.6) is 0 Å². The van der Waals surface area contributed by atoms with E-state index in [1.54, 1.807) is 12.1 Å². The molecule has 0 heterocycles. The maximum atomic E-state index is 13.6. The summed E-state index contributed by atoms with van der Waals surface area (Å²) in [5.41, 5.74) is 6.53. The normalized spacial score (nSPS) is 12.5. The Hall–Kier alpha value is -0.970. The smallest absolute Gasteiger partial charge is 0.130 e. The molecule has 19 heavy (non-hydrogen) atoms. The summed E-state index contributed by atoms with van der Waals surface area (Å²) in [6.07, 6.45) is 0.268. The van der Waals surface area contributed by atoms with Gasteiger partial charge in [-0.1, -0.05) is 39.7 Å². The quantitative estimate of drug-likeness (QED) is 0.862. The molecular formula is C14H11BrClF2N. The van der Waals surface area contributed by atoms with Crippen LogP contribution in [0, 0.1) is 11.6 Å². The van der Waals surface area contributed by atoms with E-state index in [-0.39, 0.29) is 12.0 Å². The van der Waals surface area contributed by atoms with E-state index < -0.39 is 17.7 Å². The lowest BCUT2D eigenvalue weighted by Crippen LogP contribution is -2.17. The topological polar surface area (TPSA) is 26.0 Å². The molecule has 2 aromatic carbocycles. The minimum absolute atomic E-state index is 0.110. The number of rotatable bonds is 3. The Morgan fingerprint density at radius 3 is 2.37 bits per heavy atom. The molecule has 0 bridgehead atoms. The summed E-state index contributed by atoms with van der Waals surface area (Å²) >= 11 is 9.36. The molecule has 2 N–H and O–H groups in total. The summed E-state index contributed by atoms with van der Waals surface area (Å²) in [5.74, 6) is -1.28. The molecule has 0 amide bonds. The van der Waals surface area contributed by atoms with Crippen LogP contribution in [0.1, 0.15) is 17.2 Å². The van der Waals surface area contributed by atoms with Crippen LogP contribution in [0.2, 0.25) is 5.02 Å². The maximum absolute atomic E-state index is 13.6. The SMILES string of the molecule is NC(Cc1ccc(Br)cc1Cl)c1c(F)cccc1F. The first-order valence-electron chi connectivity index (χ1n) is 5.62. The summed E-state index contributed by atoms with van der Waals surface area (Å²) in [7, 11) is 0. The maximum Gasteiger partial charge on any atom is 0.130 e. The largest absolute Gasteiger partial charge is 0.323 e. The summed E-state index contributed by atoms with van der Waals surface area (Å²) in [5, 5.41) is 0.515. The minimum Gasteiger partial charge on any atom is -0.323 e. The molecule has 5 heteroatoms. The van der Waals surface area contributed by atoms with E-state index in [2.05, 4.69) is 15.9 Å². The van der Waals surface area contributed by atoms with Crippen molar-refractivity contribution in [2.24, 2.45) is 5.73 Å². The summed E-state index contributed by atoms with van der Waals surface area (Å²) in [6.45, 7) is 0. The van der Waals surface area contributed by atoms with Crippen molar-refractivity contribution in [3.8, 4) is 0 Å². The Bertz CT molecular complexity index is 584. The Labute approximate surface area is 123 Å². The van der Waals surface area contributed by atoms with Crippen LogP contribution in [0.25, 0.3) is 0 Å². The molecule has 1 unspecified atom stereocenters. The van der Waals surface area contributed by atoms with Crippen molar-refractivity contribution in [1.29, 1.82) is 0 Å². The van der Waals surface area contributed by atoms with Gasteiger partial charge in [0.15, 0.2) is 0 Å². The van der Waals surface area contributed by atoms with E-state index in [4.69, 9.17) is 17.3 Å². The van der Waals surface area contributed by atoms with Gasteiger partial charge in [0.1, 0.15) is 11.6 Å². The first-order chi connectivity index (χ1) is 8.99. The van der Waals surface area contributed by atoms with Crippen LogP contribution in [0.15, 0.2) is 40.9 Å². The van der Waals surface area contributed by atoms with Gasteiger partial charge in [0.25, 0.3) is 0 Å². The van der Waals surface area contributed by atoms with Crippen LogP contribution in [0.3, 0.4) is 0 Å². The van der Waals surface area contributed by atoms with Crippen LogP contribution in [-0.4, -0.2) is 0 Å². The fraction of sp³-hybridized carbons (Fsp3) is 0.143. The second-order valence-electron chi connectivity index (χ2n) is 4.18. The Morgan fingerprint density at radius 1 is 1.16 bits per heavy atom. The lowest BCUT2D eigenvalue weighted by atomic mass is 9.99. The third-order valence-electron chi connectivity index (χ3n) is 2.83. The molecule has 1 atom stereocenters. The second kappa shape index (κ2) is 5.99. The summed E-state index contributed by atoms with van der Waals surface area (Å²) in [6, 6.07) is 8.24. The van der Waals surface area contributed by atoms with Crippen molar-refractivity contribution < 1.29 is 8.78 Å². The van der Waals surface area contributed by atoms with E-state index in [1.807, 2.05) is 6.07 Å². The molecule has 0 aromatic heterocycles. The predicted molar refractivity (Wildman–Crippen MR) is 76.1 cm³/mol. The molecule has 0 spiro atoms. The molecule has 0 aliphatic carbocycles. The van der Waals surface area contributed by atoms with Gasteiger partial charge in [-0.25, -0.2) is 8.78 Å². The van der Waals surface area contributed by atoms with Gasteiger partial charge >= 0.3 is 0 Å². The van der Waals surface area contributed by atoms with Gasteiger partial charge in [0, 0.05) is 21.1 Å². The molecular weight excluding hydrogens is 336 g/mol. The van der Waals surface area contributed by atoms with E-state index in [1.165, 1.54) is 18.2 Å². The molecule has 2 rings (SSSR count). The van der Waals surface area contributed by atoms with Crippen LogP contribution >= 0.6 is 27.5 Å². The van der Waals surface area contributed by atoms with Gasteiger partial charge in [-0.2, -0.15) is 0 Å². The van der Waals surface area contributed by atoms with Crippen molar-refractivity contribution in [1.82, 2.24) is 0 Å². The molecule has 100 valence electrons. The van der Waals surface area contributed by atoms with Gasteiger partial charge in [0.2, 0.25) is 0 Å². The Balaban J connectivity index is 2.28. The number of hydrogen-bond donors (Lipinski definition) is 1. The molecule has 1 nitrogen and oxygen atoms in total. The summed E-state index contributed by atoms with van der Waals surface area (Å²) in [4.78, 5) is 0. The number of hydrogen-bond acceptors (Lipinski definition) is 1. The van der Waals surface area contributed by atoms with Gasteiger partial charge in [-0.05, 0) is 36.2 Å². The number of benzene rings is 2. The highest BCUT2D eigenvalue weighted by Gasteiger charge is 2.17. The first kappa shape index (κ1) is 14.4. The van der Waals surface area contributed by atoms with E-state index >= 15 is 0 Å². The average molecular weight is 347 g/mol. The number of halogens is 4. The molecule has 0 fully saturated rings. The van der Waals surface area contributed by atoms with Crippen molar-refractivity contribution in [2.45, 2.75) is 12.5 Å². The standard InChI is InChI=1S/C14H11BrClF2N/c15-9-5-4-8(10(16)7-9)6-13(19)14-11(17)2-1-3-12(14)18/h1-5,7,13H,6,19H2. The average Bonchev–Trinajstić information content (AvgIpc) is 2.32. The minimum atomic E-state index is -0.778. The van der Waals surface area contributed by atoms with Crippen molar-refractivity contribution in [3.05, 3.63) is 68.7 Å². The van der Waals surface area contributed by atoms with Gasteiger partial charge in [0.05, 0.1) is 0 Å². The zero-order chi connectivity index (χ0) is 14.0. The number of nitrogens with two attached hydrogens (primary N) is 1. The van der Waals surface area contributed by atoms with Crippen molar-refractivity contribution >= 4 is 27.5 Å². The predicted octanol–water partition coefficient (Wildman–Crippen LogP) is 4.62. The fourth-order valence-corrected chi connectivity index (χ4v) is 2.64. The van der Waals surface area contributed by atoms with E-state index in [0.717, 1.165) is 10.0 Å². The van der Waals surface area contributed by atoms with Crippen molar-refractivity contribution in [2.75, 3.05) is 0 Å². The molecule has 0 aliphatic rings. The highest BCUT2D eigenvalue weighted by molar-refractivity contribution is 9.10. The van der Waals surface area contributed by atoms with Crippen LogP contribution < -0.4 is 5.73 Å². The third-order valence-corrected chi connectivity index (χ3v) is 3.67. The summed E-state index contributed by atoms with van der Waals surface area (Å²) < 4.78 is 28.1.